The topological polar surface area (TPSA) is 41.5 Å². The van der Waals surface area contributed by atoms with Crippen molar-refractivity contribution >= 4 is 5.69 Å². The molecule has 0 unspecified atom stereocenters. The molecule has 0 saturated carbocycles. The second-order valence-corrected chi connectivity index (χ2v) is 4.74. The van der Waals surface area contributed by atoms with Crippen LogP contribution in [0, 0.1) is 13.8 Å². The van der Waals surface area contributed by atoms with Gasteiger partial charge in [0.1, 0.15) is 0 Å². The first-order valence-electron chi connectivity index (χ1n) is 6.26. The number of aryl methyl sites for hydroxylation is 2. The largest absolute Gasteiger partial charge is 0.504 e. The average Bonchev–Trinajstić information content (AvgIpc) is 2.36. The second-order valence-electron chi connectivity index (χ2n) is 4.74. The van der Waals surface area contributed by atoms with Gasteiger partial charge in [0, 0.05) is 12.2 Å². The third-order valence-electron chi connectivity index (χ3n) is 2.96. The average molecular weight is 257 g/mol. The molecule has 0 spiro atoms. The molecule has 19 heavy (non-hydrogen) atoms. The van der Waals surface area contributed by atoms with Gasteiger partial charge >= 0.3 is 0 Å². The van der Waals surface area contributed by atoms with Crippen LogP contribution in [-0.4, -0.2) is 12.2 Å². The van der Waals surface area contributed by atoms with Crippen LogP contribution in [0.3, 0.4) is 0 Å². The minimum atomic E-state index is 0.164. The van der Waals surface area contributed by atoms with Crippen molar-refractivity contribution in [3.8, 4) is 11.5 Å². The van der Waals surface area contributed by atoms with Gasteiger partial charge in [0.05, 0.1) is 7.11 Å². The Morgan fingerprint density at radius 2 is 1.74 bits per heavy atom. The van der Waals surface area contributed by atoms with E-state index in [0.29, 0.717) is 12.3 Å². The highest BCUT2D eigenvalue weighted by Crippen LogP contribution is 2.26. The molecule has 2 aromatic rings. The van der Waals surface area contributed by atoms with Crippen LogP contribution in [0.1, 0.15) is 16.7 Å². The van der Waals surface area contributed by atoms with Crippen LogP contribution in [0.2, 0.25) is 0 Å². The summed E-state index contributed by atoms with van der Waals surface area (Å²) in [6.45, 7) is 4.86. The van der Waals surface area contributed by atoms with E-state index in [1.54, 1.807) is 13.2 Å². The molecule has 2 rings (SSSR count). The summed E-state index contributed by atoms with van der Waals surface area (Å²) in [5.41, 5.74) is 4.65. The molecule has 2 N–H and O–H groups in total. The molecular weight excluding hydrogens is 238 g/mol. The molecule has 3 nitrogen and oxygen atoms in total. The molecule has 2 aromatic carbocycles. The van der Waals surface area contributed by atoms with Crippen LogP contribution in [0.5, 0.6) is 11.5 Å². The van der Waals surface area contributed by atoms with E-state index < -0.39 is 0 Å². The first kappa shape index (κ1) is 13.3. The monoisotopic (exact) mass is 257 g/mol. The van der Waals surface area contributed by atoms with Gasteiger partial charge in [0.2, 0.25) is 0 Å². The van der Waals surface area contributed by atoms with Gasteiger partial charge in [-0.2, -0.15) is 0 Å². The lowest BCUT2D eigenvalue weighted by atomic mass is 10.1. The number of benzene rings is 2. The molecule has 3 heteroatoms. The maximum absolute atomic E-state index is 9.55. The van der Waals surface area contributed by atoms with Crippen LogP contribution >= 0.6 is 0 Å². The Morgan fingerprint density at radius 3 is 2.37 bits per heavy atom. The highest BCUT2D eigenvalue weighted by molar-refractivity contribution is 5.49. The smallest absolute Gasteiger partial charge is 0.160 e. The van der Waals surface area contributed by atoms with Gasteiger partial charge in [-0.1, -0.05) is 12.1 Å². The Hall–Kier alpha value is -2.16. The predicted octanol–water partition coefficient (Wildman–Crippen LogP) is 3.63. The van der Waals surface area contributed by atoms with Crippen molar-refractivity contribution < 1.29 is 9.84 Å². The summed E-state index contributed by atoms with van der Waals surface area (Å²) in [4.78, 5) is 0. The summed E-state index contributed by atoms with van der Waals surface area (Å²) in [6, 6.07) is 11.7. The van der Waals surface area contributed by atoms with Crippen LogP contribution in [0.25, 0.3) is 0 Å². The number of rotatable bonds is 4. The fraction of sp³-hybridized carbons (Fsp3) is 0.250. The lowest BCUT2D eigenvalue weighted by Crippen LogP contribution is -2.00. The summed E-state index contributed by atoms with van der Waals surface area (Å²) < 4.78 is 5.10. The molecular formula is C16H19NO2. The van der Waals surface area contributed by atoms with Crippen LogP contribution in [0.15, 0.2) is 36.4 Å². The molecule has 0 bridgehead atoms. The molecule has 100 valence electrons. The summed E-state index contributed by atoms with van der Waals surface area (Å²) in [6.07, 6.45) is 0. The summed E-state index contributed by atoms with van der Waals surface area (Å²) in [5, 5.41) is 12.9. The van der Waals surface area contributed by atoms with Gasteiger partial charge in [0.15, 0.2) is 11.5 Å². The summed E-state index contributed by atoms with van der Waals surface area (Å²) in [5.74, 6) is 0.664. The molecule has 0 saturated heterocycles. The molecule has 0 aliphatic heterocycles. The summed E-state index contributed by atoms with van der Waals surface area (Å²) in [7, 11) is 1.55. The predicted molar refractivity (Wildman–Crippen MR) is 77.9 cm³/mol. The lowest BCUT2D eigenvalue weighted by Gasteiger charge is -2.10. The quantitative estimate of drug-likeness (QED) is 0.878. The first-order valence-corrected chi connectivity index (χ1v) is 6.26. The van der Waals surface area contributed by atoms with Gasteiger partial charge < -0.3 is 15.2 Å². The standard InChI is InChI=1S/C16H19NO2/c1-11-6-12(2)8-14(7-11)17-10-13-4-5-15(18)16(9-13)19-3/h4-9,17-18H,10H2,1-3H3. The highest BCUT2D eigenvalue weighted by Gasteiger charge is 2.03. The molecule has 0 aliphatic carbocycles. The van der Waals surface area contributed by atoms with Gasteiger partial charge in [-0.05, 0) is 54.8 Å². The van der Waals surface area contributed by atoms with Gasteiger partial charge in [-0.3, -0.25) is 0 Å². The number of aromatic hydroxyl groups is 1. The van der Waals surface area contributed by atoms with Crippen molar-refractivity contribution in [1.82, 2.24) is 0 Å². The number of phenolic OH excluding ortho intramolecular Hbond substituents is 1. The zero-order valence-corrected chi connectivity index (χ0v) is 11.5. The number of methoxy groups -OCH3 is 1. The van der Waals surface area contributed by atoms with E-state index in [2.05, 4.69) is 37.4 Å². The Balaban J connectivity index is 2.10. The van der Waals surface area contributed by atoms with Crippen LogP contribution < -0.4 is 10.1 Å². The number of hydrogen-bond acceptors (Lipinski definition) is 3. The van der Waals surface area contributed by atoms with Crippen LogP contribution in [-0.2, 0) is 6.54 Å². The molecule has 0 radical (unpaired) electrons. The zero-order chi connectivity index (χ0) is 13.8. The maximum atomic E-state index is 9.55. The van der Waals surface area contributed by atoms with Gasteiger partial charge in [-0.15, -0.1) is 0 Å². The molecule has 0 heterocycles. The van der Waals surface area contributed by atoms with E-state index in [1.807, 2.05) is 12.1 Å². The molecule has 0 aromatic heterocycles. The van der Waals surface area contributed by atoms with E-state index in [1.165, 1.54) is 11.1 Å². The Labute approximate surface area is 113 Å². The van der Waals surface area contributed by atoms with Crippen LogP contribution in [0.4, 0.5) is 5.69 Å². The van der Waals surface area contributed by atoms with Gasteiger partial charge in [-0.25, -0.2) is 0 Å². The number of ether oxygens (including phenoxy) is 1. The molecule has 0 aliphatic rings. The molecule has 0 fully saturated rings. The van der Waals surface area contributed by atoms with Crippen molar-refractivity contribution in [3.05, 3.63) is 53.1 Å². The minimum absolute atomic E-state index is 0.164. The molecule has 0 atom stereocenters. The fourth-order valence-corrected chi connectivity index (χ4v) is 2.11. The van der Waals surface area contributed by atoms with Crippen molar-refractivity contribution in [1.29, 1.82) is 0 Å². The third kappa shape index (κ3) is 3.41. The van der Waals surface area contributed by atoms with Crippen molar-refractivity contribution in [2.24, 2.45) is 0 Å². The number of phenols is 1. The van der Waals surface area contributed by atoms with Crippen molar-refractivity contribution in [3.63, 3.8) is 0 Å². The van der Waals surface area contributed by atoms with E-state index >= 15 is 0 Å². The number of hydrogen-bond donors (Lipinski definition) is 2. The van der Waals surface area contributed by atoms with E-state index in [4.69, 9.17) is 4.74 Å². The van der Waals surface area contributed by atoms with Crippen molar-refractivity contribution in [2.45, 2.75) is 20.4 Å². The van der Waals surface area contributed by atoms with E-state index in [9.17, 15) is 5.11 Å². The maximum Gasteiger partial charge on any atom is 0.160 e. The Kier molecular flexibility index (Phi) is 3.95. The third-order valence-corrected chi connectivity index (χ3v) is 2.96. The second kappa shape index (κ2) is 5.65. The van der Waals surface area contributed by atoms with Crippen molar-refractivity contribution in [2.75, 3.05) is 12.4 Å². The Bertz CT molecular complexity index is 559. The number of nitrogens with one attached hydrogen (secondary N) is 1. The SMILES string of the molecule is COc1cc(CNc2cc(C)cc(C)c2)ccc1O. The molecule has 0 amide bonds. The van der Waals surface area contributed by atoms with E-state index in [-0.39, 0.29) is 5.75 Å². The van der Waals surface area contributed by atoms with Gasteiger partial charge in [0.25, 0.3) is 0 Å². The normalized spacial score (nSPS) is 10.3. The highest BCUT2D eigenvalue weighted by atomic mass is 16.5. The zero-order valence-electron chi connectivity index (χ0n) is 11.5. The summed E-state index contributed by atoms with van der Waals surface area (Å²) >= 11 is 0. The first-order chi connectivity index (χ1) is 9.08. The minimum Gasteiger partial charge on any atom is -0.504 e. The fourth-order valence-electron chi connectivity index (χ4n) is 2.11. The lowest BCUT2D eigenvalue weighted by molar-refractivity contribution is 0.373. The Morgan fingerprint density at radius 1 is 1.05 bits per heavy atom. The number of anilines is 1. The van der Waals surface area contributed by atoms with E-state index in [0.717, 1.165) is 11.3 Å².